The summed E-state index contributed by atoms with van der Waals surface area (Å²) in [6.07, 6.45) is 0. The van der Waals surface area contributed by atoms with Gasteiger partial charge in [-0.15, -0.1) is 10.2 Å². The van der Waals surface area contributed by atoms with Crippen LogP contribution in [0.4, 0.5) is 0 Å². The van der Waals surface area contributed by atoms with Gasteiger partial charge in [-0.1, -0.05) is 12.1 Å². The third-order valence-electron chi connectivity index (χ3n) is 1.50. The molecule has 0 radical (unpaired) electrons. The summed E-state index contributed by atoms with van der Waals surface area (Å²) in [7, 11) is 0. The van der Waals surface area contributed by atoms with E-state index in [9.17, 15) is 0 Å². The van der Waals surface area contributed by atoms with E-state index in [2.05, 4.69) is 26.1 Å². The topological polar surface area (TPSA) is 38.9 Å². The minimum absolute atomic E-state index is 0.539. The summed E-state index contributed by atoms with van der Waals surface area (Å²) >= 11 is 5.40. The highest BCUT2D eigenvalue weighted by Gasteiger charge is 2.08. The van der Waals surface area contributed by atoms with Crippen molar-refractivity contribution in [2.75, 3.05) is 0 Å². The van der Waals surface area contributed by atoms with Crippen LogP contribution in [0.2, 0.25) is 0 Å². The summed E-state index contributed by atoms with van der Waals surface area (Å²) in [5.41, 5.74) is 0.915. The maximum Gasteiger partial charge on any atom is 0.278 e. The molecule has 0 saturated carbocycles. The number of halogens is 2. The van der Waals surface area contributed by atoms with Gasteiger partial charge in [-0.3, -0.25) is 0 Å². The van der Waals surface area contributed by atoms with Crippen molar-refractivity contribution in [2.24, 2.45) is 0 Å². The van der Waals surface area contributed by atoms with Crippen LogP contribution < -0.4 is 0 Å². The van der Waals surface area contributed by atoms with Crippen LogP contribution >= 0.6 is 38.5 Å². The number of aromatic nitrogens is 2. The molecule has 66 valence electrons. The third kappa shape index (κ3) is 1.91. The molecule has 0 N–H and O–H groups in total. The van der Waals surface area contributed by atoms with Gasteiger partial charge in [-0.25, -0.2) is 0 Å². The van der Waals surface area contributed by atoms with E-state index in [-0.39, 0.29) is 0 Å². The number of hydrogen-bond donors (Lipinski definition) is 0. The highest BCUT2D eigenvalue weighted by Crippen LogP contribution is 2.26. The van der Waals surface area contributed by atoms with Crippen LogP contribution in [0.3, 0.4) is 0 Å². The summed E-state index contributed by atoms with van der Waals surface area (Å²) in [4.78, 5) is 0. The zero-order chi connectivity index (χ0) is 9.26. The van der Waals surface area contributed by atoms with Crippen molar-refractivity contribution >= 4 is 38.5 Å². The lowest BCUT2D eigenvalue weighted by atomic mass is 10.2. The second-order valence-electron chi connectivity index (χ2n) is 2.34. The number of hydrogen-bond acceptors (Lipinski definition) is 3. The van der Waals surface area contributed by atoms with Crippen LogP contribution in [0, 0.1) is 3.90 Å². The van der Waals surface area contributed by atoms with Crippen LogP contribution in [0.15, 0.2) is 33.2 Å². The Morgan fingerprint density at radius 2 is 2.00 bits per heavy atom. The van der Waals surface area contributed by atoms with Crippen molar-refractivity contribution in [1.29, 1.82) is 0 Å². The van der Waals surface area contributed by atoms with Crippen LogP contribution in [0.1, 0.15) is 0 Å². The average molecular weight is 351 g/mol. The van der Waals surface area contributed by atoms with E-state index >= 15 is 0 Å². The highest BCUT2D eigenvalue weighted by molar-refractivity contribution is 14.1. The van der Waals surface area contributed by atoms with Gasteiger partial charge in [0.05, 0.1) is 5.56 Å². The lowest BCUT2D eigenvalue weighted by Gasteiger charge is -1.96. The molecule has 3 nitrogen and oxygen atoms in total. The molecular formula is C8H4BrIN2O. The zero-order valence-corrected chi connectivity index (χ0v) is 10.1. The molecule has 0 bridgehead atoms. The monoisotopic (exact) mass is 350 g/mol. The molecule has 0 aliphatic heterocycles. The molecule has 2 aromatic rings. The van der Waals surface area contributed by atoms with E-state index in [0.29, 0.717) is 9.79 Å². The smallest absolute Gasteiger partial charge is 0.278 e. The average Bonchev–Trinajstić information content (AvgIpc) is 2.53. The molecule has 0 atom stereocenters. The SMILES string of the molecule is Brc1ccccc1-c1nnc(I)o1. The van der Waals surface area contributed by atoms with Gasteiger partial charge in [-0.2, -0.15) is 0 Å². The molecule has 0 saturated heterocycles. The van der Waals surface area contributed by atoms with Crippen LogP contribution in [-0.4, -0.2) is 10.2 Å². The molecule has 0 aliphatic carbocycles. The lowest BCUT2D eigenvalue weighted by molar-refractivity contribution is 0.536. The Hall–Kier alpha value is -0.430. The predicted molar refractivity (Wildman–Crippen MR) is 60.2 cm³/mol. The fourth-order valence-corrected chi connectivity index (χ4v) is 1.72. The highest BCUT2D eigenvalue weighted by atomic mass is 127. The molecule has 0 spiro atoms. The molecule has 1 aromatic carbocycles. The van der Waals surface area contributed by atoms with Crippen molar-refractivity contribution < 1.29 is 4.42 Å². The summed E-state index contributed by atoms with van der Waals surface area (Å²) in [6, 6.07) is 7.73. The molecule has 0 unspecified atom stereocenters. The molecule has 0 fully saturated rings. The third-order valence-corrected chi connectivity index (χ3v) is 2.63. The predicted octanol–water partition coefficient (Wildman–Crippen LogP) is 3.10. The van der Waals surface area contributed by atoms with Gasteiger partial charge in [0.1, 0.15) is 0 Å². The number of benzene rings is 1. The summed E-state index contributed by atoms with van der Waals surface area (Å²) in [5, 5.41) is 7.68. The van der Waals surface area contributed by atoms with Gasteiger partial charge in [0, 0.05) is 27.1 Å². The maximum absolute atomic E-state index is 5.28. The fourth-order valence-electron chi connectivity index (χ4n) is 0.949. The van der Waals surface area contributed by atoms with Crippen molar-refractivity contribution in [2.45, 2.75) is 0 Å². The van der Waals surface area contributed by atoms with Gasteiger partial charge in [-0.05, 0) is 28.1 Å². The van der Waals surface area contributed by atoms with Gasteiger partial charge >= 0.3 is 0 Å². The molecule has 2 rings (SSSR count). The Morgan fingerprint density at radius 1 is 1.23 bits per heavy atom. The van der Waals surface area contributed by atoms with Crippen molar-refractivity contribution in [3.05, 3.63) is 32.6 Å². The van der Waals surface area contributed by atoms with Gasteiger partial charge in [0.15, 0.2) is 0 Å². The Labute approximate surface area is 96.8 Å². The molecule has 1 aromatic heterocycles. The van der Waals surface area contributed by atoms with E-state index in [1.165, 1.54) is 0 Å². The minimum atomic E-state index is 0.539. The Balaban J connectivity index is 2.52. The lowest BCUT2D eigenvalue weighted by Crippen LogP contribution is -1.78. The van der Waals surface area contributed by atoms with E-state index in [0.717, 1.165) is 10.0 Å². The zero-order valence-electron chi connectivity index (χ0n) is 6.37. The van der Waals surface area contributed by atoms with E-state index in [1.807, 2.05) is 46.9 Å². The quantitative estimate of drug-likeness (QED) is 0.742. The summed E-state index contributed by atoms with van der Waals surface area (Å²) in [6.45, 7) is 0. The van der Waals surface area contributed by atoms with E-state index in [4.69, 9.17) is 4.42 Å². The Morgan fingerprint density at radius 3 is 2.62 bits per heavy atom. The molecular weight excluding hydrogens is 347 g/mol. The number of nitrogens with zero attached hydrogens (tertiary/aromatic N) is 2. The van der Waals surface area contributed by atoms with Gasteiger partial charge < -0.3 is 4.42 Å². The first-order valence-electron chi connectivity index (χ1n) is 3.51. The molecule has 5 heteroatoms. The van der Waals surface area contributed by atoms with Crippen molar-refractivity contribution in [1.82, 2.24) is 10.2 Å². The molecule has 0 aliphatic rings. The minimum Gasteiger partial charge on any atom is -0.412 e. The molecule has 0 amide bonds. The first-order valence-corrected chi connectivity index (χ1v) is 5.38. The standard InChI is InChI=1S/C8H4BrIN2O/c9-6-4-2-1-3-5(6)7-11-12-8(10)13-7/h1-4H. The Kier molecular flexibility index (Phi) is 2.63. The maximum atomic E-state index is 5.28. The second-order valence-corrected chi connectivity index (χ2v) is 4.12. The van der Waals surface area contributed by atoms with Gasteiger partial charge in [0.25, 0.3) is 3.90 Å². The van der Waals surface area contributed by atoms with Crippen LogP contribution in [0.25, 0.3) is 11.5 Å². The van der Waals surface area contributed by atoms with Gasteiger partial charge in [0.2, 0.25) is 5.89 Å². The van der Waals surface area contributed by atoms with E-state index < -0.39 is 0 Å². The van der Waals surface area contributed by atoms with Crippen LogP contribution in [0.5, 0.6) is 0 Å². The van der Waals surface area contributed by atoms with Crippen molar-refractivity contribution in [3.8, 4) is 11.5 Å². The fraction of sp³-hybridized carbons (Fsp3) is 0. The largest absolute Gasteiger partial charge is 0.412 e. The normalized spacial score (nSPS) is 10.3. The summed E-state index contributed by atoms with van der Waals surface area (Å²) < 4.78 is 6.78. The van der Waals surface area contributed by atoms with Crippen molar-refractivity contribution in [3.63, 3.8) is 0 Å². The summed E-state index contributed by atoms with van der Waals surface area (Å²) in [5.74, 6) is 0.539. The second kappa shape index (κ2) is 3.75. The molecule has 1 heterocycles. The first kappa shape index (κ1) is 9.14. The molecule has 13 heavy (non-hydrogen) atoms. The van der Waals surface area contributed by atoms with Crippen LogP contribution in [-0.2, 0) is 0 Å². The number of rotatable bonds is 1. The van der Waals surface area contributed by atoms with E-state index in [1.54, 1.807) is 0 Å². The first-order chi connectivity index (χ1) is 6.27. The Bertz CT molecular complexity index is 430.